The minimum atomic E-state index is -1.08. The molecule has 0 bridgehead atoms. The number of carboxylic acid groups (broad SMARTS) is 6. The summed E-state index contributed by atoms with van der Waals surface area (Å²) in [5.41, 5.74) is 0. The van der Waals surface area contributed by atoms with Crippen LogP contribution in [0.25, 0.3) is 0 Å². The van der Waals surface area contributed by atoms with Crippen LogP contribution in [0.1, 0.15) is 41.5 Å². The normalized spacial score (nSPS) is 4.84. The molecule has 16 nitrogen and oxygen atoms in total. The SMILES string of the molecule is CC(=O)O.CC(=O)[O-].CC(=O)[O-].CC(=O)[O-].CC(=O)[O-].CC(=O)[O-].O.O.O.[Fe+3].[Fe+3].[Fe+3].[O-2]. The summed E-state index contributed by atoms with van der Waals surface area (Å²) in [6.45, 7) is 5.94. The van der Waals surface area contributed by atoms with Crippen molar-refractivity contribution in [2.75, 3.05) is 0 Å². The van der Waals surface area contributed by atoms with E-state index >= 15 is 0 Å². The fraction of sp³-hybridized carbons (Fsp3) is 0.500. The maximum Gasteiger partial charge on any atom is 3.00 e. The molecule has 0 amide bonds. The van der Waals surface area contributed by atoms with Crippen LogP contribution < -0.4 is 25.5 Å². The van der Waals surface area contributed by atoms with Gasteiger partial charge in [0.05, 0.1) is 0 Å². The van der Waals surface area contributed by atoms with Gasteiger partial charge in [0.1, 0.15) is 0 Å². The molecular weight excluding hydrogens is 568 g/mol. The number of carbonyl (C=O) groups is 6. The van der Waals surface area contributed by atoms with Gasteiger partial charge in [-0.05, 0) is 34.6 Å². The largest absolute Gasteiger partial charge is 3.00 e. The standard InChI is InChI=1S/6C2H4O2.3Fe.3H2O.O/c6*1-2(3)4;;;;;;;/h6*1H3,(H,3,4);;;;3*1H2;/q;;;;;;3*+3;;;;-2/p-5. The van der Waals surface area contributed by atoms with Crippen molar-refractivity contribution in [3.63, 3.8) is 0 Å². The number of rotatable bonds is 0. The summed E-state index contributed by atoms with van der Waals surface area (Å²) < 4.78 is 0. The zero-order chi connectivity index (χ0) is 21.5. The fourth-order valence-corrected chi connectivity index (χ4v) is 0. The molecule has 0 spiro atoms. The van der Waals surface area contributed by atoms with E-state index in [0.29, 0.717) is 0 Å². The average molecular weight is 593 g/mol. The van der Waals surface area contributed by atoms with Gasteiger partial charge in [-0.1, -0.05) is 0 Å². The predicted molar refractivity (Wildman–Crippen MR) is 78.2 cm³/mol. The molecule has 7 N–H and O–H groups in total. The van der Waals surface area contributed by atoms with Gasteiger partial charge in [-0.25, -0.2) is 0 Å². The summed E-state index contributed by atoms with van der Waals surface area (Å²) in [4.78, 5) is 53.4. The molecule has 31 heavy (non-hydrogen) atoms. The van der Waals surface area contributed by atoms with Crippen LogP contribution in [-0.4, -0.2) is 57.4 Å². The summed E-state index contributed by atoms with van der Waals surface area (Å²) >= 11 is 0. The molecule has 0 aliphatic carbocycles. The molecule has 0 aromatic rings. The van der Waals surface area contributed by atoms with Gasteiger partial charge in [-0.2, -0.15) is 0 Å². The predicted octanol–water partition coefficient (Wildman–Crippen LogP) is -8.73. The van der Waals surface area contributed by atoms with E-state index in [9.17, 15) is 0 Å². The van der Waals surface area contributed by atoms with Crippen LogP contribution >= 0.6 is 0 Å². The van der Waals surface area contributed by atoms with E-state index in [4.69, 9.17) is 59.4 Å². The van der Waals surface area contributed by atoms with Gasteiger partial charge in [-0.15, -0.1) is 0 Å². The van der Waals surface area contributed by atoms with Crippen molar-refractivity contribution in [2.45, 2.75) is 41.5 Å². The Balaban J connectivity index is -0.0000000109. The minimum absolute atomic E-state index is 0. The van der Waals surface area contributed by atoms with Crippen molar-refractivity contribution in [3.05, 3.63) is 0 Å². The Kier molecular flexibility index (Phi) is 227. The third-order valence-corrected chi connectivity index (χ3v) is 0. The summed E-state index contributed by atoms with van der Waals surface area (Å²) in [5, 5.41) is 51.9. The van der Waals surface area contributed by atoms with E-state index in [1.165, 1.54) is 0 Å². The topological polar surface area (TPSA) is 361 Å². The maximum atomic E-state index is 9.00. The Morgan fingerprint density at radius 2 is 0.452 bits per heavy atom. The zero-order valence-electron chi connectivity index (χ0n) is 16.9. The van der Waals surface area contributed by atoms with Crippen LogP contribution in [0.15, 0.2) is 0 Å². The second-order valence-electron chi connectivity index (χ2n) is 2.98. The molecule has 3 radical (unpaired) electrons. The molecule has 19 heteroatoms. The molecule has 0 saturated heterocycles. The summed E-state index contributed by atoms with van der Waals surface area (Å²) in [5.74, 6) is -6.25. The molecule has 0 rings (SSSR count). The van der Waals surface area contributed by atoms with Crippen LogP contribution in [-0.2, 0) is 85.4 Å². The van der Waals surface area contributed by atoms with Crippen molar-refractivity contribution in [3.8, 4) is 0 Å². The molecule has 0 fully saturated rings. The molecule has 0 aromatic heterocycles. The van der Waals surface area contributed by atoms with Gasteiger partial charge in [0.2, 0.25) is 0 Å². The molecule has 0 aliphatic heterocycles. The summed E-state index contributed by atoms with van der Waals surface area (Å²) in [6.07, 6.45) is 0. The number of carboxylic acids is 6. The molecular formula is C12H25Fe3O16+2. The monoisotopic (exact) mass is 593 g/mol. The van der Waals surface area contributed by atoms with Crippen LogP contribution in [0.4, 0.5) is 0 Å². The molecule has 191 valence electrons. The second-order valence-corrected chi connectivity index (χ2v) is 2.98. The molecule has 0 aromatic carbocycles. The molecule has 0 aliphatic rings. The fourth-order valence-electron chi connectivity index (χ4n) is 0. The van der Waals surface area contributed by atoms with Gasteiger partial charge in [0.15, 0.2) is 0 Å². The van der Waals surface area contributed by atoms with Gasteiger partial charge in [0, 0.05) is 36.8 Å². The first-order chi connectivity index (χ1) is 10.4. The van der Waals surface area contributed by atoms with Crippen molar-refractivity contribution in [2.24, 2.45) is 0 Å². The van der Waals surface area contributed by atoms with Crippen molar-refractivity contribution in [1.82, 2.24) is 0 Å². The van der Waals surface area contributed by atoms with Gasteiger partial charge in [-0.3, -0.25) is 4.79 Å². The van der Waals surface area contributed by atoms with Crippen molar-refractivity contribution >= 4 is 35.8 Å². The average Bonchev–Trinajstić information content (AvgIpc) is 2.08. The maximum absolute atomic E-state index is 9.00. The Morgan fingerprint density at radius 3 is 0.452 bits per heavy atom. The van der Waals surface area contributed by atoms with E-state index in [-0.39, 0.29) is 73.1 Å². The number of aliphatic carboxylic acids is 6. The Bertz CT molecular complexity index is 273. The van der Waals surface area contributed by atoms with Crippen LogP contribution in [0, 0.1) is 0 Å². The Labute approximate surface area is 209 Å². The smallest absolute Gasteiger partial charge is 2.00 e. The first-order valence-electron chi connectivity index (χ1n) is 5.47. The molecule has 0 saturated carbocycles. The van der Waals surface area contributed by atoms with Crippen molar-refractivity contribution in [1.29, 1.82) is 0 Å². The van der Waals surface area contributed by atoms with Gasteiger partial charge in [0.25, 0.3) is 5.97 Å². The van der Waals surface area contributed by atoms with E-state index in [0.717, 1.165) is 41.5 Å². The van der Waals surface area contributed by atoms with E-state index in [2.05, 4.69) is 0 Å². The van der Waals surface area contributed by atoms with Crippen LogP contribution in [0.2, 0.25) is 0 Å². The zero-order valence-corrected chi connectivity index (χ0v) is 20.2. The van der Waals surface area contributed by atoms with Gasteiger partial charge >= 0.3 is 51.2 Å². The Morgan fingerprint density at radius 1 is 0.452 bits per heavy atom. The van der Waals surface area contributed by atoms with Gasteiger partial charge < -0.3 is 76.5 Å². The van der Waals surface area contributed by atoms with Crippen molar-refractivity contribution < 1.29 is 133 Å². The summed E-state index contributed by atoms with van der Waals surface area (Å²) in [7, 11) is 0. The number of carbonyl (C=O) groups excluding carboxylic acids is 5. The van der Waals surface area contributed by atoms with E-state index < -0.39 is 35.8 Å². The van der Waals surface area contributed by atoms with E-state index in [1.54, 1.807) is 0 Å². The number of hydrogen-bond acceptors (Lipinski definition) is 11. The van der Waals surface area contributed by atoms with E-state index in [1.807, 2.05) is 0 Å². The molecule has 0 atom stereocenters. The Hall–Kier alpha value is -1.78. The first kappa shape index (κ1) is 88.5. The molecule has 0 heterocycles. The second kappa shape index (κ2) is 79.5. The van der Waals surface area contributed by atoms with Crippen LogP contribution in [0.3, 0.4) is 0 Å². The molecule has 0 unspecified atom stereocenters. The number of hydrogen-bond donors (Lipinski definition) is 1. The minimum Gasteiger partial charge on any atom is -2.00 e. The third-order valence-electron chi connectivity index (χ3n) is 0. The first-order valence-corrected chi connectivity index (χ1v) is 5.47. The summed E-state index contributed by atoms with van der Waals surface area (Å²) in [6, 6.07) is 0. The third kappa shape index (κ3) is 6110. The quantitative estimate of drug-likeness (QED) is 0.256. The van der Waals surface area contributed by atoms with Crippen LogP contribution in [0.5, 0.6) is 0 Å².